The van der Waals surface area contributed by atoms with Crippen molar-refractivity contribution in [3.8, 4) is 0 Å². The molecule has 0 bridgehead atoms. The lowest BCUT2D eigenvalue weighted by Crippen LogP contribution is -2.42. The number of halogens is 3. The Bertz CT molecular complexity index is 792. The molecule has 29 heavy (non-hydrogen) atoms. The minimum absolute atomic E-state index is 0.133. The molecule has 0 saturated carbocycles. The lowest BCUT2D eigenvalue weighted by molar-refractivity contribution is -0.137. The smallest absolute Gasteiger partial charge is 0.345 e. The second kappa shape index (κ2) is 9.76. The number of benzene rings is 1. The fraction of sp³-hybridized carbons (Fsp3) is 0.500. The number of piperidine rings is 1. The zero-order chi connectivity index (χ0) is 20.9. The van der Waals surface area contributed by atoms with Gasteiger partial charge in [0.25, 0.3) is 0 Å². The molecular formula is C22H27F3N2OS. The molecule has 1 atom stereocenters. The quantitative estimate of drug-likeness (QED) is 0.642. The average Bonchev–Trinajstić information content (AvgIpc) is 3.19. The zero-order valence-corrected chi connectivity index (χ0v) is 17.4. The maximum atomic E-state index is 12.9. The maximum Gasteiger partial charge on any atom is 0.416 e. The topological polar surface area (TPSA) is 23.6 Å². The summed E-state index contributed by atoms with van der Waals surface area (Å²) in [5.41, 5.74) is 0.127. The number of likely N-dealkylation sites (tertiary alicyclic amines) is 1. The molecule has 1 unspecified atom stereocenters. The Morgan fingerprint density at radius 3 is 2.83 bits per heavy atom. The van der Waals surface area contributed by atoms with Gasteiger partial charge < -0.3 is 9.80 Å². The molecule has 1 fully saturated rings. The molecule has 3 rings (SSSR count). The zero-order valence-electron chi connectivity index (χ0n) is 16.6. The monoisotopic (exact) mass is 424 g/mol. The van der Waals surface area contributed by atoms with Crippen molar-refractivity contribution in [2.24, 2.45) is 5.92 Å². The number of carbonyl (C=O) groups excluding carboxylic acids is 1. The molecule has 2 aromatic rings. The maximum absolute atomic E-state index is 12.9. The van der Waals surface area contributed by atoms with Crippen LogP contribution in [0.3, 0.4) is 0 Å². The van der Waals surface area contributed by atoms with Crippen molar-refractivity contribution in [2.75, 3.05) is 33.2 Å². The SMILES string of the molecule is CN(CC1CCCN(CCc2cccc(C(F)(F)F)c2)C1)C(=O)Cc1cccs1. The van der Waals surface area contributed by atoms with Gasteiger partial charge in [-0.15, -0.1) is 11.3 Å². The molecule has 2 heterocycles. The summed E-state index contributed by atoms with van der Waals surface area (Å²) in [7, 11) is 1.86. The molecule has 0 radical (unpaired) electrons. The molecular weight excluding hydrogens is 397 g/mol. The third-order valence-electron chi connectivity index (χ3n) is 5.44. The summed E-state index contributed by atoms with van der Waals surface area (Å²) in [6.07, 6.45) is -1.12. The molecule has 7 heteroatoms. The van der Waals surface area contributed by atoms with Crippen LogP contribution in [0.25, 0.3) is 0 Å². The minimum atomic E-state index is -4.30. The van der Waals surface area contributed by atoms with Crippen molar-refractivity contribution >= 4 is 17.2 Å². The largest absolute Gasteiger partial charge is 0.416 e. The van der Waals surface area contributed by atoms with Crippen molar-refractivity contribution in [3.63, 3.8) is 0 Å². The highest BCUT2D eigenvalue weighted by Gasteiger charge is 2.30. The molecule has 1 aromatic heterocycles. The van der Waals surface area contributed by atoms with Crippen LogP contribution >= 0.6 is 11.3 Å². The van der Waals surface area contributed by atoms with Crippen LogP contribution in [0.4, 0.5) is 13.2 Å². The molecule has 0 N–H and O–H groups in total. The van der Waals surface area contributed by atoms with E-state index in [2.05, 4.69) is 4.90 Å². The third kappa shape index (κ3) is 6.57. The number of carbonyl (C=O) groups is 1. The summed E-state index contributed by atoms with van der Waals surface area (Å²) in [6, 6.07) is 9.53. The molecule has 3 nitrogen and oxygen atoms in total. The predicted molar refractivity (Wildman–Crippen MR) is 110 cm³/mol. The number of alkyl halides is 3. The van der Waals surface area contributed by atoms with Gasteiger partial charge in [0.05, 0.1) is 12.0 Å². The molecule has 158 valence electrons. The van der Waals surface area contributed by atoms with E-state index in [0.29, 0.717) is 24.3 Å². The number of hydrogen-bond acceptors (Lipinski definition) is 3. The van der Waals surface area contributed by atoms with Crippen LogP contribution in [-0.4, -0.2) is 48.9 Å². The number of rotatable bonds is 7. The molecule has 1 saturated heterocycles. The average molecular weight is 425 g/mol. The van der Waals surface area contributed by atoms with Gasteiger partial charge in [-0.1, -0.05) is 24.3 Å². The highest BCUT2D eigenvalue weighted by Crippen LogP contribution is 2.29. The lowest BCUT2D eigenvalue weighted by Gasteiger charge is -2.34. The fourth-order valence-corrected chi connectivity index (χ4v) is 4.58. The Morgan fingerprint density at radius 2 is 2.10 bits per heavy atom. The normalized spacial score (nSPS) is 18.0. The molecule has 0 spiro atoms. The van der Waals surface area contributed by atoms with Crippen LogP contribution in [0.2, 0.25) is 0 Å². The Kier molecular flexibility index (Phi) is 7.35. The van der Waals surface area contributed by atoms with Crippen LogP contribution < -0.4 is 0 Å². The molecule has 1 aliphatic heterocycles. The van der Waals surface area contributed by atoms with E-state index < -0.39 is 11.7 Å². The first-order valence-corrected chi connectivity index (χ1v) is 10.8. The van der Waals surface area contributed by atoms with E-state index in [1.54, 1.807) is 17.4 Å². The Morgan fingerprint density at radius 1 is 1.28 bits per heavy atom. The second-order valence-electron chi connectivity index (χ2n) is 7.79. The summed E-state index contributed by atoms with van der Waals surface area (Å²) in [4.78, 5) is 17.6. The van der Waals surface area contributed by atoms with E-state index in [0.717, 1.165) is 50.0 Å². The fourth-order valence-electron chi connectivity index (χ4n) is 3.88. The van der Waals surface area contributed by atoms with Crippen LogP contribution in [0.1, 0.15) is 28.8 Å². The van der Waals surface area contributed by atoms with Crippen molar-refractivity contribution < 1.29 is 18.0 Å². The van der Waals surface area contributed by atoms with Crippen LogP contribution in [0, 0.1) is 5.92 Å². The Labute approximate surface area is 174 Å². The van der Waals surface area contributed by atoms with Gasteiger partial charge in [0.15, 0.2) is 0 Å². The van der Waals surface area contributed by atoms with Gasteiger partial charge in [0.2, 0.25) is 5.91 Å². The van der Waals surface area contributed by atoms with Gasteiger partial charge in [-0.05, 0) is 54.8 Å². The standard InChI is InChI=1S/C22H27F3N2OS/c1-26(21(28)14-20-8-4-12-29-20)15-18-6-3-10-27(16-18)11-9-17-5-2-7-19(13-17)22(23,24)25/h2,4-5,7-8,12-13,18H,3,6,9-11,14-16H2,1H3. The number of likely N-dealkylation sites (N-methyl/N-ethyl adjacent to an activating group) is 1. The summed E-state index contributed by atoms with van der Waals surface area (Å²) < 4.78 is 38.6. The van der Waals surface area contributed by atoms with E-state index in [1.165, 1.54) is 12.1 Å². The highest BCUT2D eigenvalue weighted by atomic mass is 32.1. The van der Waals surface area contributed by atoms with Gasteiger partial charge in [-0.3, -0.25) is 4.79 Å². The Balaban J connectivity index is 1.47. The van der Waals surface area contributed by atoms with Gasteiger partial charge >= 0.3 is 6.18 Å². The first kappa shape index (κ1) is 21.8. The van der Waals surface area contributed by atoms with E-state index in [9.17, 15) is 18.0 Å². The number of hydrogen-bond donors (Lipinski definition) is 0. The molecule has 1 amide bonds. The molecule has 0 aliphatic carbocycles. The second-order valence-corrected chi connectivity index (χ2v) is 8.82. The summed E-state index contributed by atoms with van der Waals surface area (Å²) >= 11 is 1.60. The van der Waals surface area contributed by atoms with Gasteiger partial charge in [0.1, 0.15) is 0 Å². The highest BCUT2D eigenvalue weighted by molar-refractivity contribution is 7.10. The van der Waals surface area contributed by atoms with E-state index in [4.69, 9.17) is 0 Å². The summed E-state index contributed by atoms with van der Waals surface area (Å²) in [6.45, 7) is 3.31. The van der Waals surface area contributed by atoms with Crippen LogP contribution in [0.15, 0.2) is 41.8 Å². The molecule has 1 aliphatic rings. The van der Waals surface area contributed by atoms with Crippen molar-refractivity contribution in [1.82, 2.24) is 9.80 Å². The van der Waals surface area contributed by atoms with E-state index in [1.807, 2.05) is 29.5 Å². The Hall–Kier alpha value is -1.86. The van der Waals surface area contributed by atoms with Gasteiger partial charge in [-0.25, -0.2) is 0 Å². The number of nitrogens with zero attached hydrogens (tertiary/aromatic N) is 2. The van der Waals surface area contributed by atoms with Crippen molar-refractivity contribution in [1.29, 1.82) is 0 Å². The predicted octanol–water partition coefficient (Wildman–Crippen LogP) is 4.72. The van der Waals surface area contributed by atoms with Crippen LogP contribution in [-0.2, 0) is 23.8 Å². The first-order valence-electron chi connectivity index (χ1n) is 9.96. The summed E-state index contributed by atoms with van der Waals surface area (Å²) in [5, 5.41) is 1.98. The lowest BCUT2D eigenvalue weighted by atomic mass is 9.96. The van der Waals surface area contributed by atoms with Gasteiger partial charge in [0, 0.05) is 31.6 Å². The minimum Gasteiger partial charge on any atom is -0.345 e. The van der Waals surface area contributed by atoms with Crippen molar-refractivity contribution in [2.45, 2.75) is 31.9 Å². The van der Waals surface area contributed by atoms with Crippen LogP contribution in [0.5, 0.6) is 0 Å². The van der Waals surface area contributed by atoms with Crippen molar-refractivity contribution in [3.05, 3.63) is 57.8 Å². The molecule has 1 aromatic carbocycles. The third-order valence-corrected chi connectivity index (χ3v) is 6.31. The summed E-state index contributed by atoms with van der Waals surface area (Å²) in [5.74, 6) is 0.538. The van der Waals surface area contributed by atoms with E-state index >= 15 is 0 Å². The van der Waals surface area contributed by atoms with E-state index in [-0.39, 0.29) is 5.91 Å². The van der Waals surface area contributed by atoms with Gasteiger partial charge in [-0.2, -0.15) is 13.2 Å². The number of amides is 1. The first-order chi connectivity index (χ1) is 13.8. The number of thiophene rings is 1.